The van der Waals surface area contributed by atoms with Crippen molar-refractivity contribution in [3.05, 3.63) is 12.7 Å². The maximum absolute atomic E-state index is 9.11. The highest BCUT2D eigenvalue weighted by atomic mass is 16.3. The third-order valence-electron chi connectivity index (χ3n) is 1.85. The molecule has 0 bridgehead atoms. The van der Waals surface area contributed by atoms with E-state index in [9.17, 15) is 0 Å². The van der Waals surface area contributed by atoms with E-state index < -0.39 is 0 Å². The minimum atomic E-state index is -0.141. The highest BCUT2D eigenvalue weighted by Crippen LogP contribution is 2.15. The predicted molar refractivity (Wildman–Crippen MR) is 37.2 cm³/mol. The average Bonchev–Trinajstić information content (AvgIpc) is 2.10. The fraction of sp³-hybridized carbons (Fsp3) is 0.714. The topological polar surface area (TPSA) is 23.5 Å². The van der Waals surface area contributed by atoms with Crippen molar-refractivity contribution in [2.45, 2.75) is 18.6 Å². The van der Waals surface area contributed by atoms with Crippen LogP contribution in [0.1, 0.15) is 6.42 Å². The van der Waals surface area contributed by atoms with Crippen molar-refractivity contribution in [2.24, 2.45) is 0 Å². The molecule has 0 aromatic rings. The minimum Gasteiger partial charge on any atom is -0.392 e. The van der Waals surface area contributed by atoms with Crippen LogP contribution in [0.25, 0.3) is 0 Å². The molecular formula is C7H13NO. The number of likely N-dealkylation sites (tertiary alicyclic amines) is 1. The van der Waals surface area contributed by atoms with E-state index in [4.69, 9.17) is 5.11 Å². The second kappa shape index (κ2) is 2.50. The lowest BCUT2D eigenvalue weighted by molar-refractivity contribution is 0.182. The van der Waals surface area contributed by atoms with E-state index in [1.165, 1.54) is 0 Å². The Morgan fingerprint density at radius 2 is 2.44 bits per heavy atom. The second-order valence-corrected chi connectivity index (χ2v) is 2.63. The monoisotopic (exact) mass is 127 g/mol. The van der Waals surface area contributed by atoms with Crippen LogP contribution in [-0.2, 0) is 0 Å². The number of aliphatic hydroxyl groups is 1. The molecule has 1 N–H and O–H groups in total. The fourth-order valence-electron chi connectivity index (χ4n) is 1.28. The third-order valence-corrected chi connectivity index (χ3v) is 1.85. The molecule has 0 aliphatic carbocycles. The standard InChI is InChI=1S/C7H13NO/c1-3-6-4-7(9)5-8(6)2/h3,6-7,9H,1,4-5H2,2H3/t6-,7-/m0/s1. The summed E-state index contributed by atoms with van der Waals surface area (Å²) in [4.78, 5) is 2.11. The number of hydrogen-bond acceptors (Lipinski definition) is 2. The zero-order valence-electron chi connectivity index (χ0n) is 5.75. The van der Waals surface area contributed by atoms with Gasteiger partial charge in [-0.05, 0) is 13.5 Å². The first-order valence-electron chi connectivity index (χ1n) is 3.25. The third kappa shape index (κ3) is 1.32. The number of nitrogens with zero attached hydrogens (tertiary/aromatic N) is 1. The summed E-state index contributed by atoms with van der Waals surface area (Å²) in [5.74, 6) is 0. The van der Waals surface area contributed by atoms with Crippen LogP contribution >= 0.6 is 0 Å². The zero-order valence-corrected chi connectivity index (χ0v) is 5.75. The molecule has 2 nitrogen and oxygen atoms in total. The first-order valence-corrected chi connectivity index (χ1v) is 3.25. The number of β-amino-alcohol motifs (C(OH)–C–C–N with tert-alkyl or cyclic N) is 1. The summed E-state index contributed by atoms with van der Waals surface area (Å²) in [6, 6.07) is 0.389. The molecule has 0 amide bonds. The largest absolute Gasteiger partial charge is 0.392 e. The lowest BCUT2D eigenvalue weighted by Gasteiger charge is -2.12. The van der Waals surface area contributed by atoms with Crippen LogP contribution in [-0.4, -0.2) is 35.7 Å². The summed E-state index contributed by atoms with van der Waals surface area (Å²) in [6.07, 6.45) is 2.59. The van der Waals surface area contributed by atoms with Crippen LogP contribution in [0.15, 0.2) is 12.7 Å². The van der Waals surface area contributed by atoms with Crippen molar-refractivity contribution < 1.29 is 5.11 Å². The van der Waals surface area contributed by atoms with Crippen molar-refractivity contribution in [3.63, 3.8) is 0 Å². The molecule has 1 aliphatic rings. The van der Waals surface area contributed by atoms with Crippen LogP contribution in [0.4, 0.5) is 0 Å². The maximum Gasteiger partial charge on any atom is 0.0685 e. The molecular weight excluding hydrogens is 114 g/mol. The van der Waals surface area contributed by atoms with Crippen LogP contribution < -0.4 is 0 Å². The molecule has 9 heavy (non-hydrogen) atoms. The van der Waals surface area contributed by atoms with Gasteiger partial charge < -0.3 is 5.11 Å². The molecule has 0 saturated carbocycles. The van der Waals surface area contributed by atoms with Crippen LogP contribution in [0.2, 0.25) is 0 Å². The van der Waals surface area contributed by atoms with Gasteiger partial charge in [-0.3, -0.25) is 4.90 Å². The Labute approximate surface area is 55.8 Å². The molecule has 1 fully saturated rings. The molecule has 0 spiro atoms. The Balaban J connectivity index is 2.47. The van der Waals surface area contributed by atoms with Gasteiger partial charge in [0.25, 0.3) is 0 Å². The predicted octanol–water partition coefficient (Wildman–Crippen LogP) is 0.237. The van der Waals surface area contributed by atoms with Crippen molar-refractivity contribution in [2.75, 3.05) is 13.6 Å². The van der Waals surface area contributed by atoms with E-state index in [1.54, 1.807) is 0 Å². The van der Waals surface area contributed by atoms with Gasteiger partial charge in [0.2, 0.25) is 0 Å². The van der Waals surface area contributed by atoms with E-state index in [2.05, 4.69) is 11.5 Å². The lowest BCUT2D eigenvalue weighted by atomic mass is 10.2. The quantitative estimate of drug-likeness (QED) is 0.510. The molecule has 1 saturated heterocycles. The zero-order chi connectivity index (χ0) is 6.85. The summed E-state index contributed by atoms with van der Waals surface area (Å²) in [7, 11) is 2.00. The van der Waals surface area contributed by atoms with Crippen LogP contribution in [0, 0.1) is 0 Å². The summed E-state index contributed by atoms with van der Waals surface area (Å²) in [6.45, 7) is 4.46. The molecule has 1 heterocycles. The Morgan fingerprint density at radius 1 is 1.78 bits per heavy atom. The van der Waals surface area contributed by atoms with E-state index in [0.29, 0.717) is 6.04 Å². The summed E-state index contributed by atoms with van der Waals surface area (Å²) in [5.41, 5.74) is 0. The molecule has 0 radical (unpaired) electrons. The van der Waals surface area contributed by atoms with E-state index in [1.807, 2.05) is 13.1 Å². The summed E-state index contributed by atoms with van der Waals surface area (Å²) >= 11 is 0. The first-order chi connectivity index (χ1) is 4.24. The van der Waals surface area contributed by atoms with Crippen molar-refractivity contribution in [1.29, 1.82) is 0 Å². The van der Waals surface area contributed by atoms with Crippen molar-refractivity contribution in [1.82, 2.24) is 4.90 Å². The lowest BCUT2D eigenvalue weighted by Crippen LogP contribution is -2.22. The molecule has 52 valence electrons. The van der Waals surface area contributed by atoms with Gasteiger partial charge in [0.05, 0.1) is 6.10 Å². The Hall–Kier alpha value is -0.340. The Morgan fingerprint density at radius 3 is 2.67 bits per heavy atom. The Bertz CT molecular complexity index is 113. The number of aliphatic hydroxyl groups excluding tert-OH is 1. The van der Waals surface area contributed by atoms with Gasteiger partial charge in [-0.25, -0.2) is 0 Å². The van der Waals surface area contributed by atoms with Gasteiger partial charge >= 0.3 is 0 Å². The van der Waals surface area contributed by atoms with Crippen LogP contribution in [0.3, 0.4) is 0 Å². The normalized spacial score (nSPS) is 37.1. The van der Waals surface area contributed by atoms with E-state index in [0.717, 1.165) is 13.0 Å². The maximum atomic E-state index is 9.11. The van der Waals surface area contributed by atoms with Gasteiger partial charge in [0, 0.05) is 12.6 Å². The molecule has 1 aliphatic heterocycles. The Kier molecular flexibility index (Phi) is 1.88. The SMILES string of the molecule is C=C[C@H]1C[C@H](O)CN1C. The fourth-order valence-corrected chi connectivity index (χ4v) is 1.28. The highest BCUT2D eigenvalue weighted by molar-refractivity contribution is 4.94. The average molecular weight is 127 g/mol. The molecule has 1 rings (SSSR count). The summed E-state index contributed by atoms with van der Waals surface area (Å²) in [5, 5.41) is 9.11. The molecule has 2 heteroatoms. The number of likely N-dealkylation sites (N-methyl/N-ethyl adjacent to an activating group) is 1. The molecule has 0 aromatic carbocycles. The van der Waals surface area contributed by atoms with Crippen molar-refractivity contribution >= 4 is 0 Å². The van der Waals surface area contributed by atoms with Gasteiger partial charge in [-0.15, -0.1) is 6.58 Å². The molecule has 0 unspecified atom stereocenters. The first kappa shape index (κ1) is 6.78. The van der Waals surface area contributed by atoms with Crippen LogP contribution in [0.5, 0.6) is 0 Å². The summed E-state index contributed by atoms with van der Waals surface area (Å²) < 4.78 is 0. The van der Waals surface area contributed by atoms with Gasteiger partial charge in [0.15, 0.2) is 0 Å². The number of rotatable bonds is 1. The molecule has 0 aromatic heterocycles. The van der Waals surface area contributed by atoms with Crippen molar-refractivity contribution in [3.8, 4) is 0 Å². The smallest absolute Gasteiger partial charge is 0.0685 e. The van der Waals surface area contributed by atoms with Gasteiger partial charge in [-0.2, -0.15) is 0 Å². The van der Waals surface area contributed by atoms with Gasteiger partial charge in [-0.1, -0.05) is 6.08 Å². The van der Waals surface area contributed by atoms with E-state index in [-0.39, 0.29) is 6.10 Å². The van der Waals surface area contributed by atoms with E-state index >= 15 is 0 Å². The second-order valence-electron chi connectivity index (χ2n) is 2.63. The molecule has 2 atom stereocenters. The van der Waals surface area contributed by atoms with Gasteiger partial charge in [0.1, 0.15) is 0 Å². The minimum absolute atomic E-state index is 0.141. The number of hydrogen-bond donors (Lipinski definition) is 1. The highest BCUT2D eigenvalue weighted by Gasteiger charge is 2.24.